The molecule has 2 aromatic rings. The molecule has 1 aliphatic carbocycles. The third-order valence-electron chi connectivity index (χ3n) is 4.21. The molecule has 1 heterocycles. The normalized spacial score (nSPS) is 13.5. The molecule has 160 valence electrons. The molecule has 0 bridgehead atoms. The van der Waals surface area contributed by atoms with Crippen LogP contribution < -0.4 is 20.1 Å². The van der Waals surface area contributed by atoms with E-state index in [1.807, 2.05) is 0 Å². The first-order valence-corrected chi connectivity index (χ1v) is 9.08. The van der Waals surface area contributed by atoms with Gasteiger partial charge >= 0.3 is 6.18 Å². The van der Waals surface area contributed by atoms with Gasteiger partial charge in [0.1, 0.15) is 12.3 Å². The number of carbonyl (C=O) groups is 2. The Bertz CT molecular complexity index is 932. The molecule has 30 heavy (non-hydrogen) atoms. The number of ether oxygens (including phenoxy) is 2. The Kier molecular flexibility index (Phi) is 6.38. The molecule has 1 aromatic heterocycles. The highest BCUT2D eigenvalue weighted by atomic mass is 19.4. The highest BCUT2D eigenvalue weighted by Gasteiger charge is 2.31. The Labute approximate surface area is 169 Å². The Hall–Kier alpha value is -3.37. The Morgan fingerprint density at radius 3 is 2.63 bits per heavy atom. The van der Waals surface area contributed by atoms with Gasteiger partial charge in [0.25, 0.3) is 5.91 Å². The minimum atomic E-state index is -4.49. The van der Waals surface area contributed by atoms with Gasteiger partial charge in [0.15, 0.2) is 11.5 Å². The van der Waals surface area contributed by atoms with Crippen LogP contribution in [0.4, 0.5) is 19.1 Å². The summed E-state index contributed by atoms with van der Waals surface area (Å²) in [5.41, 5.74) is -0.795. The number of amides is 2. The first-order valence-electron chi connectivity index (χ1n) is 9.08. The molecule has 0 radical (unpaired) electrons. The fourth-order valence-corrected chi connectivity index (χ4v) is 2.48. The van der Waals surface area contributed by atoms with Crippen molar-refractivity contribution in [1.29, 1.82) is 0 Å². The Morgan fingerprint density at radius 2 is 1.97 bits per heavy atom. The minimum absolute atomic E-state index is 0.0101. The number of alkyl halides is 3. The summed E-state index contributed by atoms with van der Waals surface area (Å²) < 4.78 is 48.6. The van der Waals surface area contributed by atoms with Gasteiger partial charge in [-0.2, -0.15) is 13.2 Å². The Morgan fingerprint density at radius 1 is 1.20 bits per heavy atom. The fraction of sp³-hybridized carbons (Fsp3) is 0.368. The van der Waals surface area contributed by atoms with Crippen LogP contribution in [-0.2, 0) is 11.0 Å². The zero-order chi connectivity index (χ0) is 21.7. The van der Waals surface area contributed by atoms with E-state index in [0.717, 1.165) is 31.0 Å². The van der Waals surface area contributed by atoms with Gasteiger partial charge in [0, 0.05) is 12.1 Å². The summed E-state index contributed by atoms with van der Waals surface area (Å²) in [7, 11) is 1.23. The van der Waals surface area contributed by atoms with Gasteiger partial charge in [-0.25, -0.2) is 9.97 Å². The molecule has 1 saturated carbocycles. The molecule has 1 aromatic carbocycles. The topological polar surface area (TPSA) is 102 Å². The summed E-state index contributed by atoms with van der Waals surface area (Å²) in [4.78, 5) is 31.9. The summed E-state index contributed by atoms with van der Waals surface area (Å²) in [6.07, 6.45) is -1.48. The zero-order valence-corrected chi connectivity index (χ0v) is 16.0. The number of hydrogen-bond acceptors (Lipinski definition) is 6. The van der Waals surface area contributed by atoms with E-state index in [9.17, 15) is 22.8 Å². The van der Waals surface area contributed by atoms with Crippen LogP contribution in [0.3, 0.4) is 0 Å². The van der Waals surface area contributed by atoms with E-state index in [1.165, 1.54) is 19.4 Å². The minimum Gasteiger partial charge on any atom is -0.493 e. The monoisotopic (exact) mass is 424 g/mol. The third-order valence-corrected chi connectivity index (χ3v) is 4.21. The maximum Gasteiger partial charge on any atom is 0.416 e. The predicted molar refractivity (Wildman–Crippen MR) is 99.2 cm³/mol. The molecule has 1 fully saturated rings. The van der Waals surface area contributed by atoms with Crippen molar-refractivity contribution >= 4 is 17.8 Å². The number of carbonyl (C=O) groups excluding carboxylic acids is 2. The lowest BCUT2D eigenvalue weighted by molar-refractivity contribution is -0.137. The van der Waals surface area contributed by atoms with Crippen molar-refractivity contribution in [3.8, 4) is 11.5 Å². The standard InChI is InChI=1S/C19H19F3N4O4/c1-29-15-10-12(19(20,21)22)4-5-14(15)30-9-8-23-17(28)13-6-7-24-18(25-13)26-16(27)11-2-3-11/h4-7,10-11H,2-3,8-9H2,1H3,(H,23,28)(H,24,25,26,27). The third kappa shape index (κ3) is 5.58. The van der Waals surface area contributed by atoms with Crippen LogP contribution in [0.15, 0.2) is 30.5 Å². The van der Waals surface area contributed by atoms with E-state index in [0.29, 0.717) is 0 Å². The molecule has 11 heteroatoms. The highest BCUT2D eigenvalue weighted by molar-refractivity contribution is 5.94. The summed E-state index contributed by atoms with van der Waals surface area (Å²) in [6, 6.07) is 4.27. The van der Waals surface area contributed by atoms with Crippen LogP contribution >= 0.6 is 0 Å². The second kappa shape index (κ2) is 8.97. The number of methoxy groups -OCH3 is 1. The number of benzene rings is 1. The first kappa shape index (κ1) is 21.3. The molecule has 0 atom stereocenters. The number of halogens is 3. The van der Waals surface area contributed by atoms with E-state index in [-0.39, 0.29) is 48.1 Å². The van der Waals surface area contributed by atoms with Crippen molar-refractivity contribution < 1.29 is 32.2 Å². The van der Waals surface area contributed by atoms with Crippen LogP contribution in [0.2, 0.25) is 0 Å². The van der Waals surface area contributed by atoms with Crippen molar-refractivity contribution in [2.75, 3.05) is 25.6 Å². The van der Waals surface area contributed by atoms with Crippen LogP contribution in [-0.4, -0.2) is 42.0 Å². The lowest BCUT2D eigenvalue weighted by atomic mass is 10.2. The average Bonchev–Trinajstić information content (AvgIpc) is 3.56. The van der Waals surface area contributed by atoms with Crippen molar-refractivity contribution in [1.82, 2.24) is 15.3 Å². The first-order chi connectivity index (χ1) is 14.3. The van der Waals surface area contributed by atoms with Gasteiger partial charge in [0.05, 0.1) is 19.2 Å². The number of nitrogens with one attached hydrogen (secondary N) is 2. The lowest BCUT2D eigenvalue weighted by Crippen LogP contribution is -2.29. The molecule has 0 saturated heterocycles. The summed E-state index contributed by atoms with van der Waals surface area (Å²) in [6.45, 7) is 0.0562. The molecule has 0 aliphatic heterocycles. The quantitative estimate of drug-likeness (QED) is 0.632. The van der Waals surface area contributed by atoms with E-state index in [1.54, 1.807) is 0 Å². The molecular weight excluding hydrogens is 405 g/mol. The molecule has 8 nitrogen and oxygen atoms in total. The highest BCUT2D eigenvalue weighted by Crippen LogP contribution is 2.36. The summed E-state index contributed by atoms with van der Waals surface area (Å²) in [5.74, 6) is -0.612. The van der Waals surface area contributed by atoms with Crippen LogP contribution in [0.5, 0.6) is 11.5 Å². The van der Waals surface area contributed by atoms with Crippen LogP contribution in [0.25, 0.3) is 0 Å². The van der Waals surface area contributed by atoms with Crippen LogP contribution in [0, 0.1) is 5.92 Å². The van der Waals surface area contributed by atoms with E-state index >= 15 is 0 Å². The number of rotatable bonds is 8. The maximum atomic E-state index is 12.8. The van der Waals surface area contributed by atoms with E-state index in [2.05, 4.69) is 20.6 Å². The van der Waals surface area contributed by atoms with Crippen molar-refractivity contribution in [2.45, 2.75) is 19.0 Å². The summed E-state index contributed by atoms with van der Waals surface area (Å²) in [5, 5.41) is 5.13. The van der Waals surface area contributed by atoms with Gasteiger partial charge in [0.2, 0.25) is 11.9 Å². The number of nitrogens with zero attached hydrogens (tertiary/aromatic N) is 2. The molecule has 2 amide bonds. The fourth-order valence-electron chi connectivity index (χ4n) is 2.48. The van der Waals surface area contributed by atoms with Crippen molar-refractivity contribution in [3.05, 3.63) is 41.7 Å². The van der Waals surface area contributed by atoms with Gasteiger partial charge in [-0.15, -0.1) is 0 Å². The largest absolute Gasteiger partial charge is 0.493 e. The van der Waals surface area contributed by atoms with Gasteiger partial charge in [-0.05, 0) is 37.1 Å². The smallest absolute Gasteiger partial charge is 0.416 e. The predicted octanol–water partition coefficient (Wildman–Crippen LogP) is 2.66. The molecular formula is C19H19F3N4O4. The van der Waals surface area contributed by atoms with E-state index < -0.39 is 17.6 Å². The number of aromatic nitrogens is 2. The van der Waals surface area contributed by atoms with Crippen LogP contribution in [0.1, 0.15) is 28.9 Å². The summed E-state index contributed by atoms with van der Waals surface area (Å²) >= 11 is 0. The molecule has 0 spiro atoms. The zero-order valence-electron chi connectivity index (χ0n) is 16.0. The average molecular weight is 424 g/mol. The van der Waals surface area contributed by atoms with Gasteiger partial charge in [-0.1, -0.05) is 0 Å². The SMILES string of the molecule is COc1cc(C(F)(F)F)ccc1OCCNC(=O)c1ccnc(NC(=O)C2CC2)n1. The second-order valence-corrected chi connectivity index (χ2v) is 6.50. The number of anilines is 1. The van der Waals surface area contributed by atoms with Gasteiger partial charge < -0.3 is 14.8 Å². The Balaban J connectivity index is 1.51. The molecule has 1 aliphatic rings. The maximum absolute atomic E-state index is 12.8. The van der Waals surface area contributed by atoms with E-state index in [4.69, 9.17) is 9.47 Å². The van der Waals surface area contributed by atoms with Crippen molar-refractivity contribution in [2.24, 2.45) is 5.92 Å². The molecule has 2 N–H and O–H groups in total. The molecule has 0 unspecified atom stereocenters. The van der Waals surface area contributed by atoms with Crippen molar-refractivity contribution in [3.63, 3.8) is 0 Å². The molecule has 3 rings (SSSR count). The second-order valence-electron chi connectivity index (χ2n) is 6.50. The number of hydrogen-bond donors (Lipinski definition) is 2. The van der Waals surface area contributed by atoms with Gasteiger partial charge in [-0.3, -0.25) is 14.9 Å². The lowest BCUT2D eigenvalue weighted by Gasteiger charge is -2.14.